The molecule has 2 aliphatic rings. The van der Waals surface area contributed by atoms with Crippen LogP contribution in [0.1, 0.15) is 0 Å². The number of halogens is 1. The Bertz CT molecular complexity index is 1040. The SMILES string of the molecule is O=C(CN(c1cccc(Cl)c1)S(=O)(=O)c1ccc2c(c1)OCCO2)N1CCOCC1. The molecule has 30 heavy (non-hydrogen) atoms. The highest BCUT2D eigenvalue weighted by molar-refractivity contribution is 7.92. The number of sulfonamides is 1. The number of benzene rings is 2. The Labute approximate surface area is 179 Å². The van der Waals surface area contributed by atoms with Crippen LogP contribution in [0.15, 0.2) is 47.4 Å². The van der Waals surface area contributed by atoms with Crippen molar-refractivity contribution in [1.82, 2.24) is 4.90 Å². The number of fused-ring (bicyclic) bond motifs is 1. The van der Waals surface area contributed by atoms with E-state index in [4.69, 9.17) is 25.8 Å². The van der Waals surface area contributed by atoms with Crippen LogP contribution in [0.4, 0.5) is 5.69 Å². The van der Waals surface area contributed by atoms with E-state index in [-0.39, 0.29) is 17.3 Å². The van der Waals surface area contributed by atoms with E-state index in [1.165, 1.54) is 18.2 Å². The summed E-state index contributed by atoms with van der Waals surface area (Å²) in [6.07, 6.45) is 0. The van der Waals surface area contributed by atoms with Gasteiger partial charge in [-0.1, -0.05) is 17.7 Å². The van der Waals surface area contributed by atoms with Crippen LogP contribution in [0.3, 0.4) is 0 Å². The number of ether oxygens (including phenoxy) is 3. The average molecular weight is 453 g/mol. The fourth-order valence-electron chi connectivity index (χ4n) is 3.29. The van der Waals surface area contributed by atoms with Crippen molar-refractivity contribution in [3.63, 3.8) is 0 Å². The number of nitrogens with zero attached hydrogens (tertiary/aromatic N) is 2. The molecular formula is C20H21ClN2O6S. The molecule has 2 aliphatic heterocycles. The zero-order chi connectivity index (χ0) is 21.1. The minimum absolute atomic E-state index is 0.00139. The minimum atomic E-state index is -4.08. The second-order valence-electron chi connectivity index (χ2n) is 6.79. The number of rotatable bonds is 5. The van der Waals surface area contributed by atoms with E-state index in [9.17, 15) is 13.2 Å². The molecule has 2 heterocycles. The van der Waals surface area contributed by atoms with Crippen molar-refractivity contribution >= 4 is 33.2 Å². The normalized spacial score (nSPS) is 16.2. The summed E-state index contributed by atoms with van der Waals surface area (Å²) in [6, 6.07) is 10.8. The lowest BCUT2D eigenvalue weighted by Crippen LogP contribution is -2.47. The predicted molar refractivity (Wildman–Crippen MR) is 111 cm³/mol. The molecule has 160 valence electrons. The second kappa shape index (κ2) is 8.71. The van der Waals surface area contributed by atoms with Gasteiger partial charge < -0.3 is 19.1 Å². The maximum Gasteiger partial charge on any atom is 0.264 e. The Morgan fingerprint density at radius 1 is 1.00 bits per heavy atom. The summed E-state index contributed by atoms with van der Waals surface area (Å²) in [5.74, 6) is 0.533. The van der Waals surface area contributed by atoms with Crippen LogP contribution in [0, 0.1) is 0 Å². The summed E-state index contributed by atoms with van der Waals surface area (Å²) < 4.78 is 44.4. The van der Waals surface area contributed by atoms with Crippen LogP contribution < -0.4 is 13.8 Å². The summed E-state index contributed by atoms with van der Waals surface area (Å²) in [6.45, 7) is 2.09. The van der Waals surface area contributed by atoms with Crippen molar-refractivity contribution in [1.29, 1.82) is 0 Å². The molecule has 1 amide bonds. The molecule has 0 saturated carbocycles. The molecule has 0 atom stereocenters. The summed E-state index contributed by atoms with van der Waals surface area (Å²) in [4.78, 5) is 14.5. The van der Waals surface area contributed by atoms with Gasteiger partial charge in [-0.3, -0.25) is 9.10 Å². The number of amides is 1. The van der Waals surface area contributed by atoms with E-state index in [1.807, 2.05) is 0 Å². The average Bonchev–Trinajstić information content (AvgIpc) is 2.77. The van der Waals surface area contributed by atoms with Gasteiger partial charge in [-0.25, -0.2) is 8.42 Å². The van der Waals surface area contributed by atoms with Crippen molar-refractivity contribution in [2.24, 2.45) is 0 Å². The third-order valence-electron chi connectivity index (χ3n) is 4.84. The first-order chi connectivity index (χ1) is 14.4. The van der Waals surface area contributed by atoms with Crippen molar-refractivity contribution in [2.45, 2.75) is 4.90 Å². The van der Waals surface area contributed by atoms with Gasteiger partial charge >= 0.3 is 0 Å². The molecule has 0 radical (unpaired) electrons. The fourth-order valence-corrected chi connectivity index (χ4v) is 4.90. The molecule has 0 aromatic heterocycles. The molecular weight excluding hydrogens is 432 g/mol. The molecule has 0 bridgehead atoms. The summed E-state index contributed by atoms with van der Waals surface area (Å²) in [5, 5.41) is 0.369. The fraction of sp³-hybridized carbons (Fsp3) is 0.350. The zero-order valence-corrected chi connectivity index (χ0v) is 17.7. The molecule has 2 aromatic carbocycles. The van der Waals surface area contributed by atoms with Crippen LogP contribution >= 0.6 is 11.6 Å². The number of carbonyl (C=O) groups excluding carboxylic acids is 1. The first kappa shape index (κ1) is 20.8. The molecule has 4 rings (SSSR count). The minimum Gasteiger partial charge on any atom is -0.486 e. The van der Waals surface area contributed by atoms with Crippen molar-refractivity contribution < 1.29 is 27.4 Å². The zero-order valence-electron chi connectivity index (χ0n) is 16.1. The topological polar surface area (TPSA) is 85.4 Å². The van der Waals surface area contributed by atoms with Gasteiger partial charge in [-0.15, -0.1) is 0 Å². The molecule has 0 N–H and O–H groups in total. The first-order valence-corrected chi connectivity index (χ1v) is 11.3. The smallest absolute Gasteiger partial charge is 0.264 e. The lowest BCUT2D eigenvalue weighted by molar-refractivity contribution is -0.133. The van der Waals surface area contributed by atoms with Gasteiger partial charge in [0.1, 0.15) is 19.8 Å². The van der Waals surface area contributed by atoms with E-state index in [2.05, 4.69) is 0 Å². The third-order valence-corrected chi connectivity index (χ3v) is 6.85. The monoisotopic (exact) mass is 452 g/mol. The third kappa shape index (κ3) is 4.33. The summed E-state index contributed by atoms with van der Waals surface area (Å²) in [5.41, 5.74) is 0.305. The number of hydrogen-bond acceptors (Lipinski definition) is 6. The van der Waals surface area contributed by atoms with Crippen molar-refractivity contribution in [3.8, 4) is 11.5 Å². The Hall–Kier alpha value is -2.49. The van der Waals surface area contributed by atoms with Crippen LogP contribution in [-0.2, 0) is 19.6 Å². The lowest BCUT2D eigenvalue weighted by atomic mass is 10.3. The van der Waals surface area contributed by atoms with E-state index in [0.29, 0.717) is 61.7 Å². The van der Waals surface area contributed by atoms with Crippen LogP contribution in [0.2, 0.25) is 5.02 Å². The number of carbonyl (C=O) groups is 1. The standard InChI is InChI=1S/C20H21ClN2O6S/c21-15-2-1-3-16(12-15)23(14-20(24)22-6-8-27-9-7-22)30(25,26)17-4-5-18-19(13-17)29-11-10-28-18/h1-5,12-13H,6-11,14H2. The molecule has 1 saturated heterocycles. The maximum absolute atomic E-state index is 13.5. The Kier molecular flexibility index (Phi) is 6.03. The van der Waals surface area contributed by atoms with Gasteiger partial charge in [-0.2, -0.15) is 0 Å². The number of anilines is 1. The molecule has 1 fully saturated rings. The Balaban J connectivity index is 1.69. The number of morpholine rings is 1. The molecule has 10 heteroatoms. The van der Waals surface area contributed by atoms with Gasteiger partial charge in [0.15, 0.2) is 11.5 Å². The van der Waals surface area contributed by atoms with Gasteiger partial charge in [0, 0.05) is 24.2 Å². The van der Waals surface area contributed by atoms with Gasteiger partial charge in [0.05, 0.1) is 23.8 Å². The highest BCUT2D eigenvalue weighted by atomic mass is 35.5. The highest BCUT2D eigenvalue weighted by Gasteiger charge is 2.31. The van der Waals surface area contributed by atoms with Gasteiger partial charge in [-0.05, 0) is 30.3 Å². The molecule has 0 spiro atoms. The summed E-state index contributed by atoms with van der Waals surface area (Å²) in [7, 11) is -4.08. The highest BCUT2D eigenvalue weighted by Crippen LogP contribution is 2.34. The van der Waals surface area contributed by atoms with Crippen molar-refractivity contribution in [3.05, 3.63) is 47.5 Å². The number of hydrogen-bond donors (Lipinski definition) is 0. The van der Waals surface area contributed by atoms with Crippen LogP contribution in [-0.4, -0.2) is 65.3 Å². The second-order valence-corrected chi connectivity index (χ2v) is 9.09. The molecule has 0 aliphatic carbocycles. The molecule has 8 nitrogen and oxygen atoms in total. The lowest BCUT2D eigenvalue weighted by Gasteiger charge is -2.31. The quantitative estimate of drug-likeness (QED) is 0.691. The Morgan fingerprint density at radius 2 is 1.73 bits per heavy atom. The van der Waals surface area contributed by atoms with Crippen LogP contribution in [0.25, 0.3) is 0 Å². The van der Waals surface area contributed by atoms with Gasteiger partial charge in [0.25, 0.3) is 10.0 Å². The van der Waals surface area contributed by atoms with E-state index < -0.39 is 10.0 Å². The van der Waals surface area contributed by atoms with E-state index in [1.54, 1.807) is 29.2 Å². The van der Waals surface area contributed by atoms with E-state index in [0.717, 1.165) is 4.31 Å². The predicted octanol–water partition coefficient (Wildman–Crippen LogP) is 2.17. The van der Waals surface area contributed by atoms with Crippen molar-refractivity contribution in [2.75, 3.05) is 50.4 Å². The Morgan fingerprint density at radius 3 is 2.47 bits per heavy atom. The molecule has 2 aromatic rings. The van der Waals surface area contributed by atoms with Gasteiger partial charge in [0.2, 0.25) is 5.91 Å². The maximum atomic E-state index is 13.5. The molecule has 0 unspecified atom stereocenters. The summed E-state index contributed by atoms with van der Waals surface area (Å²) >= 11 is 6.10. The largest absolute Gasteiger partial charge is 0.486 e. The van der Waals surface area contributed by atoms with E-state index >= 15 is 0 Å². The first-order valence-electron chi connectivity index (χ1n) is 9.48. The van der Waals surface area contributed by atoms with Crippen LogP contribution in [0.5, 0.6) is 11.5 Å².